The maximum atomic E-state index is 12.1. The Morgan fingerprint density at radius 3 is 2.71 bits per heavy atom. The van der Waals surface area contributed by atoms with Crippen molar-refractivity contribution in [3.8, 4) is 0 Å². The van der Waals surface area contributed by atoms with E-state index in [0.29, 0.717) is 25.1 Å². The summed E-state index contributed by atoms with van der Waals surface area (Å²) in [5.74, 6) is 0.994. The number of hydrogen-bond donors (Lipinski definition) is 1. The van der Waals surface area contributed by atoms with E-state index in [-0.39, 0.29) is 12.0 Å². The first-order chi connectivity index (χ1) is 8.20. The molecule has 3 nitrogen and oxygen atoms in total. The highest BCUT2D eigenvalue weighted by atomic mass is 32.2. The number of carbonyl (C=O) groups is 1. The molecular weight excluding hydrogens is 234 g/mol. The molecule has 92 valence electrons. The molecule has 1 heterocycles. The van der Waals surface area contributed by atoms with Crippen LogP contribution >= 0.6 is 11.8 Å². The normalized spacial score (nSPS) is 19.6. The van der Waals surface area contributed by atoms with E-state index in [4.69, 9.17) is 0 Å². The van der Waals surface area contributed by atoms with Crippen molar-refractivity contribution in [2.75, 3.05) is 19.3 Å². The molecule has 0 unspecified atom stereocenters. The molecular formula is C13H17NO2S. The molecule has 0 radical (unpaired) electrons. The van der Waals surface area contributed by atoms with Crippen LogP contribution in [0.4, 0.5) is 0 Å². The van der Waals surface area contributed by atoms with Gasteiger partial charge in [0.05, 0.1) is 6.10 Å². The second-order valence-corrected chi connectivity index (χ2v) is 5.19. The van der Waals surface area contributed by atoms with Crippen molar-refractivity contribution in [3.05, 3.63) is 35.4 Å². The molecule has 1 aromatic rings. The Labute approximate surface area is 106 Å². The lowest BCUT2D eigenvalue weighted by molar-refractivity contribution is 0.0765. The summed E-state index contributed by atoms with van der Waals surface area (Å²) >= 11 is 1.77. The van der Waals surface area contributed by atoms with Crippen LogP contribution in [0, 0.1) is 0 Å². The second kappa shape index (κ2) is 5.56. The first-order valence-electron chi connectivity index (χ1n) is 5.76. The van der Waals surface area contributed by atoms with Gasteiger partial charge in [0.2, 0.25) is 0 Å². The van der Waals surface area contributed by atoms with Gasteiger partial charge in [-0.2, -0.15) is 11.8 Å². The Bertz CT molecular complexity index is 391. The summed E-state index contributed by atoms with van der Waals surface area (Å²) in [6.45, 7) is 1.12. The van der Waals surface area contributed by atoms with Crippen LogP contribution in [0.1, 0.15) is 22.3 Å². The van der Waals surface area contributed by atoms with E-state index in [1.165, 1.54) is 5.56 Å². The van der Waals surface area contributed by atoms with Crippen molar-refractivity contribution < 1.29 is 9.90 Å². The lowest BCUT2D eigenvalue weighted by Crippen LogP contribution is -2.29. The van der Waals surface area contributed by atoms with E-state index in [9.17, 15) is 9.90 Å². The van der Waals surface area contributed by atoms with Gasteiger partial charge >= 0.3 is 0 Å². The molecule has 4 heteroatoms. The number of rotatable bonds is 3. The third-order valence-electron chi connectivity index (χ3n) is 2.96. The van der Waals surface area contributed by atoms with Crippen molar-refractivity contribution in [1.82, 2.24) is 4.90 Å². The molecule has 1 fully saturated rings. The SMILES string of the molecule is CSCc1ccc(C(=O)N2CC[C@@H](O)C2)cc1. The van der Waals surface area contributed by atoms with Gasteiger partial charge < -0.3 is 10.0 Å². The van der Waals surface area contributed by atoms with E-state index in [2.05, 4.69) is 6.26 Å². The number of carbonyl (C=O) groups excluding carboxylic acids is 1. The number of likely N-dealkylation sites (tertiary alicyclic amines) is 1. The third kappa shape index (κ3) is 3.01. The monoisotopic (exact) mass is 251 g/mol. The smallest absolute Gasteiger partial charge is 0.253 e. The van der Waals surface area contributed by atoms with Crippen molar-refractivity contribution in [3.63, 3.8) is 0 Å². The molecule has 1 aromatic carbocycles. The Hall–Kier alpha value is -1.00. The van der Waals surface area contributed by atoms with E-state index in [1.807, 2.05) is 24.3 Å². The van der Waals surface area contributed by atoms with Gasteiger partial charge in [0.25, 0.3) is 5.91 Å². The number of benzene rings is 1. The van der Waals surface area contributed by atoms with Crippen LogP contribution in [0.3, 0.4) is 0 Å². The molecule has 2 rings (SSSR count). The Morgan fingerprint density at radius 2 is 2.18 bits per heavy atom. The zero-order chi connectivity index (χ0) is 12.3. The zero-order valence-corrected chi connectivity index (χ0v) is 10.7. The minimum atomic E-state index is -0.352. The zero-order valence-electron chi connectivity index (χ0n) is 9.93. The largest absolute Gasteiger partial charge is 0.391 e. The first-order valence-corrected chi connectivity index (χ1v) is 7.15. The van der Waals surface area contributed by atoms with Crippen LogP contribution in [0.2, 0.25) is 0 Å². The number of β-amino-alcohol motifs (C(OH)–C–C–N with tert-alkyl or cyclic N) is 1. The summed E-state index contributed by atoms with van der Waals surface area (Å²) < 4.78 is 0. The van der Waals surface area contributed by atoms with Gasteiger partial charge in [-0.1, -0.05) is 12.1 Å². The van der Waals surface area contributed by atoms with Crippen LogP contribution in [-0.4, -0.2) is 41.4 Å². The summed E-state index contributed by atoms with van der Waals surface area (Å²) in [7, 11) is 0. The minimum absolute atomic E-state index is 0.0252. The topological polar surface area (TPSA) is 40.5 Å². The van der Waals surface area contributed by atoms with Gasteiger partial charge in [-0.3, -0.25) is 4.79 Å². The van der Waals surface area contributed by atoms with Gasteiger partial charge in [-0.05, 0) is 30.4 Å². The quantitative estimate of drug-likeness (QED) is 0.890. The number of hydrogen-bond acceptors (Lipinski definition) is 3. The van der Waals surface area contributed by atoms with Gasteiger partial charge in [-0.25, -0.2) is 0 Å². The highest BCUT2D eigenvalue weighted by molar-refractivity contribution is 7.97. The summed E-state index contributed by atoms with van der Waals surface area (Å²) in [4.78, 5) is 13.8. The second-order valence-electron chi connectivity index (χ2n) is 4.32. The average Bonchev–Trinajstić information content (AvgIpc) is 2.76. The fourth-order valence-electron chi connectivity index (χ4n) is 2.02. The van der Waals surface area contributed by atoms with Gasteiger partial charge in [0.1, 0.15) is 0 Å². The molecule has 0 saturated carbocycles. The average molecular weight is 251 g/mol. The van der Waals surface area contributed by atoms with E-state index >= 15 is 0 Å². The van der Waals surface area contributed by atoms with Gasteiger partial charge in [-0.15, -0.1) is 0 Å². The number of aliphatic hydroxyl groups is 1. The van der Waals surface area contributed by atoms with Gasteiger partial charge in [0.15, 0.2) is 0 Å². The van der Waals surface area contributed by atoms with Gasteiger partial charge in [0, 0.05) is 24.4 Å². The van der Waals surface area contributed by atoms with Crippen LogP contribution in [0.5, 0.6) is 0 Å². The summed E-state index contributed by atoms with van der Waals surface area (Å²) in [6, 6.07) is 7.74. The first kappa shape index (κ1) is 12.5. The number of nitrogens with zero attached hydrogens (tertiary/aromatic N) is 1. The molecule has 0 aliphatic carbocycles. The van der Waals surface area contributed by atoms with Crippen molar-refractivity contribution in [1.29, 1.82) is 0 Å². The predicted octanol–water partition coefficient (Wildman–Crippen LogP) is 1.76. The lowest BCUT2D eigenvalue weighted by Gasteiger charge is -2.15. The minimum Gasteiger partial charge on any atom is -0.391 e. The molecule has 17 heavy (non-hydrogen) atoms. The Kier molecular flexibility index (Phi) is 4.07. The molecule has 0 aromatic heterocycles. The van der Waals surface area contributed by atoms with E-state index < -0.39 is 0 Å². The Balaban J connectivity index is 2.04. The van der Waals surface area contributed by atoms with E-state index in [1.54, 1.807) is 16.7 Å². The third-order valence-corrected chi connectivity index (χ3v) is 3.58. The molecule has 1 saturated heterocycles. The van der Waals surface area contributed by atoms with Crippen molar-refractivity contribution >= 4 is 17.7 Å². The highest BCUT2D eigenvalue weighted by Crippen LogP contribution is 2.15. The highest BCUT2D eigenvalue weighted by Gasteiger charge is 2.25. The number of aliphatic hydroxyl groups excluding tert-OH is 1. The molecule has 1 aliphatic heterocycles. The maximum absolute atomic E-state index is 12.1. The fourth-order valence-corrected chi connectivity index (χ4v) is 2.54. The molecule has 1 N–H and O–H groups in total. The van der Waals surface area contributed by atoms with Crippen LogP contribution < -0.4 is 0 Å². The standard InChI is InChI=1S/C13H17NO2S/c1-17-9-10-2-4-11(5-3-10)13(16)14-7-6-12(15)8-14/h2-5,12,15H,6-9H2,1H3/t12-/m1/s1. The maximum Gasteiger partial charge on any atom is 0.253 e. The molecule has 1 aliphatic rings. The van der Waals surface area contributed by atoms with E-state index in [0.717, 1.165) is 5.75 Å². The fraction of sp³-hybridized carbons (Fsp3) is 0.462. The van der Waals surface area contributed by atoms with Crippen LogP contribution in [0.15, 0.2) is 24.3 Å². The van der Waals surface area contributed by atoms with Crippen LogP contribution in [-0.2, 0) is 5.75 Å². The van der Waals surface area contributed by atoms with Crippen molar-refractivity contribution in [2.45, 2.75) is 18.3 Å². The molecule has 0 spiro atoms. The Morgan fingerprint density at radius 1 is 1.47 bits per heavy atom. The molecule has 0 bridgehead atoms. The van der Waals surface area contributed by atoms with Crippen molar-refractivity contribution in [2.24, 2.45) is 0 Å². The summed E-state index contributed by atoms with van der Waals surface area (Å²) in [6.07, 6.45) is 2.40. The summed E-state index contributed by atoms with van der Waals surface area (Å²) in [5, 5.41) is 9.41. The number of thioether (sulfide) groups is 1. The lowest BCUT2D eigenvalue weighted by atomic mass is 10.1. The predicted molar refractivity (Wildman–Crippen MR) is 70.2 cm³/mol. The van der Waals surface area contributed by atoms with Crippen LogP contribution in [0.25, 0.3) is 0 Å². The summed E-state index contributed by atoms with van der Waals surface area (Å²) in [5.41, 5.74) is 1.94. The molecule has 1 amide bonds. The molecule has 1 atom stereocenters. The number of amides is 1.